The van der Waals surface area contributed by atoms with E-state index in [4.69, 9.17) is 4.74 Å². The van der Waals surface area contributed by atoms with E-state index in [2.05, 4.69) is 18.6 Å². The zero-order chi connectivity index (χ0) is 10.1. The van der Waals surface area contributed by atoms with Crippen molar-refractivity contribution >= 4 is 5.97 Å². The minimum absolute atomic E-state index is 0.205. The highest BCUT2D eigenvalue weighted by Gasteiger charge is 2.02. The number of hydrogen-bond acceptors (Lipinski definition) is 3. The van der Waals surface area contributed by atoms with E-state index in [9.17, 15) is 4.79 Å². The van der Waals surface area contributed by atoms with Crippen molar-refractivity contribution in [2.75, 3.05) is 20.3 Å². The van der Waals surface area contributed by atoms with Gasteiger partial charge in [0, 0.05) is 6.61 Å². The summed E-state index contributed by atoms with van der Waals surface area (Å²) in [7, 11) is 1.39. The first kappa shape index (κ1) is 12.4. The molecule has 0 fully saturated rings. The van der Waals surface area contributed by atoms with Gasteiger partial charge >= 0.3 is 5.97 Å². The summed E-state index contributed by atoms with van der Waals surface area (Å²) in [6, 6.07) is 0. The standard InChI is InChI=1S/C10H20O3/c1-4-5-9(2)8-13-7-6-10(11)12-3/h9H,4-8H2,1-3H3. The van der Waals surface area contributed by atoms with Gasteiger partial charge in [-0.15, -0.1) is 0 Å². The van der Waals surface area contributed by atoms with E-state index in [-0.39, 0.29) is 5.97 Å². The molecule has 0 saturated carbocycles. The zero-order valence-electron chi connectivity index (χ0n) is 8.84. The largest absolute Gasteiger partial charge is 0.469 e. The summed E-state index contributed by atoms with van der Waals surface area (Å²) in [6.45, 7) is 5.53. The van der Waals surface area contributed by atoms with Crippen molar-refractivity contribution in [2.24, 2.45) is 5.92 Å². The molecule has 1 unspecified atom stereocenters. The number of carbonyl (C=O) groups excluding carboxylic acids is 1. The molecule has 0 spiro atoms. The van der Waals surface area contributed by atoms with Gasteiger partial charge in [-0.05, 0) is 12.3 Å². The van der Waals surface area contributed by atoms with Gasteiger partial charge in [-0.25, -0.2) is 0 Å². The number of carbonyl (C=O) groups is 1. The van der Waals surface area contributed by atoms with Crippen LogP contribution in [0.15, 0.2) is 0 Å². The van der Waals surface area contributed by atoms with Gasteiger partial charge in [0.1, 0.15) is 0 Å². The lowest BCUT2D eigenvalue weighted by Crippen LogP contribution is -2.10. The molecular formula is C10H20O3. The van der Waals surface area contributed by atoms with E-state index >= 15 is 0 Å². The van der Waals surface area contributed by atoms with E-state index in [0.29, 0.717) is 18.9 Å². The van der Waals surface area contributed by atoms with Crippen LogP contribution in [0.5, 0.6) is 0 Å². The van der Waals surface area contributed by atoms with Gasteiger partial charge in [-0.3, -0.25) is 4.79 Å². The van der Waals surface area contributed by atoms with Crippen LogP contribution < -0.4 is 0 Å². The normalized spacial score (nSPS) is 12.5. The lowest BCUT2D eigenvalue weighted by molar-refractivity contribution is -0.141. The molecule has 0 aliphatic rings. The third-order valence-corrected chi connectivity index (χ3v) is 1.86. The molecule has 13 heavy (non-hydrogen) atoms. The Bertz CT molecular complexity index is 134. The highest BCUT2D eigenvalue weighted by Crippen LogP contribution is 2.05. The van der Waals surface area contributed by atoms with Crippen molar-refractivity contribution in [1.29, 1.82) is 0 Å². The maximum absolute atomic E-state index is 10.7. The number of esters is 1. The average molecular weight is 188 g/mol. The zero-order valence-corrected chi connectivity index (χ0v) is 8.84. The molecule has 0 saturated heterocycles. The highest BCUT2D eigenvalue weighted by molar-refractivity contribution is 5.69. The van der Waals surface area contributed by atoms with Crippen molar-refractivity contribution in [3.63, 3.8) is 0 Å². The molecule has 78 valence electrons. The maximum Gasteiger partial charge on any atom is 0.307 e. The Hall–Kier alpha value is -0.570. The van der Waals surface area contributed by atoms with E-state index in [1.165, 1.54) is 20.0 Å². The second kappa shape index (κ2) is 8.05. The highest BCUT2D eigenvalue weighted by atomic mass is 16.5. The first-order chi connectivity index (χ1) is 6.20. The molecule has 0 N–H and O–H groups in total. The summed E-state index contributed by atoms with van der Waals surface area (Å²) in [5.41, 5.74) is 0. The van der Waals surface area contributed by atoms with E-state index in [1.807, 2.05) is 0 Å². The number of hydrogen-bond donors (Lipinski definition) is 0. The molecule has 0 amide bonds. The lowest BCUT2D eigenvalue weighted by Gasteiger charge is -2.09. The summed E-state index contributed by atoms with van der Waals surface area (Å²) in [6.07, 6.45) is 2.72. The predicted octanol–water partition coefficient (Wildman–Crippen LogP) is 2.00. The van der Waals surface area contributed by atoms with Crippen LogP contribution in [0.1, 0.15) is 33.1 Å². The Kier molecular flexibility index (Phi) is 7.69. The van der Waals surface area contributed by atoms with Crippen LogP contribution in [0.2, 0.25) is 0 Å². The Morgan fingerprint density at radius 1 is 1.46 bits per heavy atom. The van der Waals surface area contributed by atoms with Crippen molar-refractivity contribution in [3.05, 3.63) is 0 Å². The fourth-order valence-corrected chi connectivity index (χ4v) is 1.12. The summed E-state index contributed by atoms with van der Waals surface area (Å²) in [5, 5.41) is 0. The molecule has 0 bridgehead atoms. The minimum Gasteiger partial charge on any atom is -0.469 e. The third kappa shape index (κ3) is 7.78. The molecule has 0 rings (SSSR count). The Morgan fingerprint density at radius 2 is 2.15 bits per heavy atom. The van der Waals surface area contributed by atoms with Crippen LogP contribution in [0.3, 0.4) is 0 Å². The Labute approximate surface area is 80.4 Å². The number of methoxy groups -OCH3 is 1. The van der Waals surface area contributed by atoms with E-state index in [1.54, 1.807) is 0 Å². The Morgan fingerprint density at radius 3 is 2.69 bits per heavy atom. The Balaban J connectivity index is 3.20. The summed E-state index contributed by atoms with van der Waals surface area (Å²) < 4.78 is 9.81. The smallest absolute Gasteiger partial charge is 0.307 e. The summed E-state index contributed by atoms with van der Waals surface area (Å²) in [4.78, 5) is 10.7. The second-order valence-corrected chi connectivity index (χ2v) is 3.29. The van der Waals surface area contributed by atoms with Crippen molar-refractivity contribution in [1.82, 2.24) is 0 Å². The fourth-order valence-electron chi connectivity index (χ4n) is 1.12. The first-order valence-corrected chi connectivity index (χ1v) is 4.85. The van der Waals surface area contributed by atoms with E-state index in [0.717, 1.165) is 6.61 Å². The SMILES string of the molecule is CCCC(C)COCCC(=O)OC. The molecule has 0 heterocycles. The average Bonchev–Trinajstić information content (AvgIpc) is 2.12. The second-order valence-electron chi connectivity index (χ2n) is 3.29. The lowest BCUT2D eigenvalue weighted by atomic mass is 10.1. The molecule has 0 aliphatic heterocycles. The molecule has 0 aliphatic carbocycles. The quantitative estimate of drug-likeness (QED) is 0.453. The van der Waals surface area contributed by atoms with Crippen LogP contribution in [-0.2, 0) is 14.3 Å². The summed E-state index contributed by atoms with van der Waals surface area (Å²) in [5.74, 6) is 0.380. The van der Waals surface area contributed by atoms with Gasteiger partial charge in [-0.1, -0.05) is 20.3 Å². The molecule has 3 heteroatoms. The minimum atomic E-state index is -0.205. The van der Waals surface area contributed by atoms with Crippen LogP contribution in [0.4, 0.5) is 0 Å². The fraction of sp³-hybridized carbons (Fsp3) is 0.900. The van der Waals surface area contributed by atoms with Gasteiger partial charge in [0.25, 0.3) is 0 Å². The van der Waals surface area contributed by atoms with Gasteiger partial charge in [-0.2, -0.15) is 0 Å². The van der Waals surface area contributed by atoms with Crippen molar-refractivity contribution < 1.29 is 14.3 Å². The number of ether oxygens (including phenoxy) is 2. The maximum atomic E-state index is 10.7. The molecule has 0 aromatic heterocycles. The van der Waals surface area contributed by atoms with Crippen molar-refractivity contribution in [3.8, 4) is 0 Å². The van der Waals surface area contributed by atoms with Crippen LogP contribution in [0, 0.1) is 5.92 Å². The molecule has 1 atom stereocenters. The molecular weight excluding hydrogens is 168 g/mol. The van der Waals surface area contributed by atoms with Crippen molar-refractivity contribution in [2.45, 2.75) is 33.1 Å². The topological polar surface area (TPSA) is 35.5 Å². The molecule has 3 nitrogen and oxygen atoms in total. The first-order valence-electron chi connectivity index (χ1n) is 4.85. The van der Waals surface area contributed by atoms with Gasteiger partial charge < -0.3 is 9.47 Å². The summed E-state index contributed by atoms with van der Waals surface area (Å²) >= 11 is 0. The van der Waals surface area contributed by atoms with Crippen LogP contribution >= 0.6 is 0 Å². The number of rotatable bonds is 7. The molecule has 0 aromatic carbocycles. The van der Waals surface area contributed by atoms with Gasteiger partial charge in [0.05, 0.1) is 20.1 Å². The molecule has 0 aromatic rings. The van der Waals surface area contributed by atoms with Crippen LogP contribution in [0.25, 0.3) is 0 Å². The molecule has 0 radical (unpaired) electrons. The third-order valence-electron chi connectivity index (χ3n) is 1.86. The van der Waals surface area contributed by atoms with E-state index < -0.39 is 0 Å². The van der Waals surface area contributed by atoms with Gasteiger partial charge in [0.15, 0.2) is 0 Å². The van der Waals surface area contributed by atoms with Crippen LogP contribution in [-0.4, -0.2) is 26.3 Å². The monoisotopic (exact) mass is 188 g/mol. The predicted molar refractivity (Wildman–Crippen MR) is 51.5 cm³/mol. The van der Waals surface area contributed by atoms with Gasteiger partial charge in [0.2, 0.25) is 0 Å².